The van der Waals surface area contributed by atoms with Crippen molar-refractivity contribution in [1.82, 2.24) is 10.3 Å². The summed E-state index contributed by atoms with van der Waals surface area (Å²) < 4.78 is 0. The standard InChI is InChI=1S/C16H18N2S/c1-2-16(19-7-1)12-4-6-14(17-10-12)15-9-11-3-5-13(8-11)18-15/h1-2,4,6-7,10-11,13,15,18H,3,5,8-9H2. The molecule has 3 unspecified atom stereocenters. The highest BCUT2D eigenvalue weighted by atomic mass is 32.1. The minimum Gasteiger partial charge on any atom is -0.306 e. The van der Waals surface area contributed by atoms with Crippen LogP contribution >= 0.6 is 11.3 Å². The third-order valence-corrected chi connectivity index (χ3v) is 5.42. The molecule has 1 N–H and O–H groups in total. The van der Waals surface area contributed by atoms with E-state index in [1.54, 1.807) is 11.3 Å². The van der Waals surface area contributed by atoms with Gasteiger partial charge in [0.15, 0.2) is 0 Å². The lowest BCUT2D eigenvalue weighted by molar-refractivity contribution is 0.309. The molecule has 98 valence electrons. The van der Waals surface area contributed by atoms with Gasteiger partial charge in [-0.25, -0.2) is 0 Å². The van der Waals surface area contributed by atoms with Crippen LogP contribution in [0.1, 0.15) is 37.4 Å². The summed E-state index contributed by atoms with van der Waals surface area (Å²) in [4.78, 5) is 6.00. The molecule has 2 aliphatic rings. The molecule has 1 saturated heterocycles. The Kier molecular flexibility index (Phi) is 2.89. The zero-order valence-corrected chi connectivity index (χ0v) is 11.7. The lowest BCUT2D eigenvalue weighted by atomic mass is 9.92. The number of hydrogen-bond acceptors (Lipinski definition) is 3. The molecule has 0 radical (unpaired) electrons. The van der Waals surface area contributed by atoms with Gasteiger partial charge in [-0.2, -0.15) is 0 Å². The van der Waals surface area contributed by atoms with E-state index in [1.165, 1.54) is 41.8 Å². The maximum absolute atomic E-state index is 4.70. The second-order valence-electron chi connectivity index (χ2n) is 5.78. The molecule has 0 aromatic carbocycles. The predicted octanol–water partition coefficient (Wildman–Crippen LogP) is 4.01. The number of nitrogens with zero attached hydrogens (tertiary/aromatic N) is 1. The average molecular weight is 270 g/mol. The van der Waals surface area contributed by atoms with Crippen LogP contribution in [0.5, 0.6) is 0 Å². The highest BCUT2D eigenvalue weighted by Crippen LogP contribution is 2.39. The van der Waals surface area contributed by atoms with E-state index in [0.29, 0.717) is 6.04 Å². The molecule has 3 heteroatoms. The molecule has 2 aromatic heterocycles. The van der Waals surface area contributed by atoms with E-state index < -0.39 is 0 Å². The summed E-state index contributed by atoms with van der Waals surface area (Å²) in [5.74, 6) is 0.926. The second kappa shape index (κ2) is 4.73. The van der Waals surface area contributed by atoms with Gasteiger partial charge in [0, 0.05) is 28.7 Å². The smallest absolute Gasteiger partial charge is 0.0573 e. The van der Waals surface area contributed by atoms with Crippen LogP contribution in [0.4, 0.5) is 0 Å². The Balaban J connectivity index is 1.56. The van der Waals surface area contributed by atoms with E-state index in [1.807, 2.05) is 6.20 Å². The Bertz CT molecular complexity index is 535. The Morgan fingerprint density at radius 1 is 1.16 bits per heavy atom. The molecule has 1 aliphatic heterocycles. The monoisotopic (exact) mass is 270 g/mol. The summed E-state index contributed by atoms with van der Waals surface area (Å²) in [6, 6.07) is 9.88. The third-order valence-electron chi connectivity index (χ3n) is 4.50. The van der Waals surface area contributed by atoms with E-state index in [-0.39, 0.29) is 0 Å². The molecular weight excluding hydrogens is 252 g/mol. The molecule has 3 atom stereocenters. The largest absolute Gasteiger partial charge is 0.306 e. The van der Waals surface area contributed by atoms with Crippen molar-refractivity contribution in [2.45, 2.75) is 37.8 Å². The number of thiophene rings is 1. The fourth-order valence-electron chi connectivity index (χ4n) is 3.53. The first kappa shape index (κ1) is 11.6. The first-order valence-corrected chi connectivity index (χ1v) is 8.02. The molecule has 4 rings (SSSR count). The van der Waals surface area contributed by atoms with Crippen LogP contribution in [-0.4, -0.2) is 11.0 Å². The summed E-state index contributed by atoms with van der Waals surface area (Å²) >= 11 is 1.77. The van der Waals surface area contributed by atoms with E-state index in [9.17, 15) is 0 Å². The lowest BCUT2D eigenvalue weighted by Gasteiger charge is -2.29. The summed E-state index contributed by atoms with van der Waals surface area (Å²) in [5, 5.41) is 5.87. The van der Waals surface area contributed by atoms with Gasteiger partial charge in [0.1, 0.15) is 0 Å². The zero-order valence-electron chi connectivity index (χ0n) is 10.9. The van der Waals surface area contributed by atoms with Gasteiger partial charge in [0.25, 0.3) is 0 Å². The molecule has 2 aromatic rings. The minimum absolute atomic E-state index is 0.476. The molecule has 1 saturated carbocycles. The number of piperidine rings is 1. The van der Waals surface area contributed by atoms with Crippen molar-refractivity contribution in [3.8, 4) is 10.4 Å². The molecule has 19 heavy (non-hydrogen) atoms. The highest BCUT2D eigenvalue weighted by molar-refractivity contribution is 7.13. The van der Waals surface area contributed by atoms with Crippen molar-refractivity contribution >= 4 is 11.3 Å². The summed E-state index contributed by atoms with van der Waals surface area (Å²) in [6.45, 7) is 0. The van der Waals surface area contributed by atoms with E-state index >= 15 is 0 Å². The van der Waals surface area contributed by atoms with Crippen molar-refractivity contribution in [3.05, 3.63) is 41.5 Å². The number of nitrogens with one attached hydrogen (secondary N) is 1. The Morgan fingerprint density at radius 2 is 2.16 bits per heavy atom. The summed E-state index contributed by atoms with van der Waals surface area (Å²) in [5.41, 5.74) is 2.45. The highest BCUT2D eigenvalue weighted by Gasteiger charge is 2.34. The van der Waals surface area contributed by atoms with Crippen LogP contribution in [-0.2, 0) is 0 Å². The summed E-state index contributed by atoms with van der Waals surface area (Å²) in [7, 11) is 0. The fourth-order valence-corrected chi connectivity index (χ4v) is 4.25. The van der Waals surface area contributed by atoms with Crippen molar-refractivity contribution in [2.75, 3.05) is 0 Å². The van der Waals surface area contributed by atoms with Gasteiger partial charge in [-0.3, -0.25) is 4.98 Å². The van der Waals surface area contributed by atoms with E-state index in [4.69, 9.17) is 4.98 Å². The van der Waals surface area contributed by atoms with Gasteiger partial charge in [-0.1, -0.05) is 12.1 Å². The SMILES string of the molecule is c1csc(-c2ccc(C3CC4CCC(C4)N3)nc2)c1. The first-order valence-electron chi connectivity index (χ1n) is 7.14. The number of hydrogen-bond donors (Lipinski definition) is 1. The van der Waals surface area contributed by atoms with Crippen LogP contribution in [0.2, 0.25) is 0 Å². The first-order chi connectivity index (χ1) is 9.38. The van der Waals surface area contributed by atoms with E-state index in [0.717, 1.165) is 12.0 Å². The number of fused-ring (bicyclic) bond motifs is 2. The zero-order chi connectivity index (χ0) is 12.7. The van der Waals surface area contributed by atoms with Crippen molar-refractivity contribution in [3.63, 3.8) is 0 Å². The van der Waals surface area contributed by atoms with E-state index in [2.05, 4.69) is 35.0 Å². The third kappa shape index (κ3) is 2.21. The van der Waals surface area contributed by atoms with Crippen molar-refractivity contribution in [2.24, 2.45) is 5.92 Å². The topological polar surface area (TPSA) is 24.9 Å². The number of aromatic nitrogens is 1. The van der Waals surface area contributed by atoms with Crippen LogP contribution < -0.4 is 5.32 Å². The number of rotatable bonds is 2. The van der Waals surface area contributed by atoms with Crippen LogP contribution in [0.15, 0.2) is 35.8 Å². The normalized spacial score (nSPS) is 29.6. The maximum Gasteiger partial charge on any atom is 0.0573 e. The molecule has 0 spiro atoms. The van der Waals surface area contributed by atoms with Gasteiger partial charge >= 0.3 is 0 Å². The van der Waals surface area contributed by atoms with Crippen molar-refractivity contribution in [1.29, 1.82) is 0 Å². The molecular formula is C16H18N2S. The van der Waals surface area contributed by atoms with Gasteiger partial charge in [-0.15, -0.1) is 11.3 Å². The Hall–Kier alpha value is -1.19. The van der Waals surface area contributed by atoms with Gasteiger partial charge in [-0.05, 0) is 49.1 Å². The summed E-state index contributed by atoms with van der Waals surface area (Å²) in [6.07, 6.45) is 7.43. The van der Waals surface area contributed by atoms with Gasteiger partial charge < -0.3 is 5.32 Å². The molecule has 2 bridgehead atoms. The maximum atomic E-state index is 4.70. The molecule has 1 aliphatic carbocycles. The second-order valence-corrected chi connectivity index (χ2v) is 6.73. The quantitative estimate of drug-likeness (QED) is 0.891. The molecule has 2 nitrogen and oxygen atoms in total. The minimum atomic E-state index is 0.476. The molecule has 0 amide bonds. The van der Waals surface area contributed by atoms with Gasteiger partial charge in [0.05, 0.1) is 5.69 Å². The number of pyridine rings is 1. The molecule has 3 heterocycles. The van der Waals surface area contributed by atoms with Crippen LogP contribution in [0, 0.1) is 5.92 Å². The van der Waals surface area contributed by atoms with Crippen LogP contribution in [0.3, 0.4) is 0 Å². The lowest BCUT2D eigenvalue weighted by Crippen LogP contribution is -2.35. The van der Waals surface area contributed by atoms with Crippen molar-refractivity contribution < 1.29 is 0 Å². The molecule has 2 fully saturated rings. The fraction of sp³-hybridized carbons (Fsp3) is 0.438. The van der Waals surface area contributed by atoms with Crippen LogP contribution in [0.25, 0.3) is 10.4 Å². The average Bonchev–Trinajstić information content (AvgIpc) is 3.09. The Labute approximate surface area is 117 Å². The Morgan fingerprint density at radius 3 is 2.89 bits per heavy atom. The van der Waals surface area contributed by atoms with Gasteiger partial charge in [0.2, 0.25) is 0 Å². The predicted molar refractivity (Wildman–Crippen MR) is 79.2 cm³/mol.